The van der Waals surface area contributed by atoms with Crippen LogP contribution in [-0.2, 0) is 6.61 Å². The lowest BCUT2D eigenvalue weighted by atomic mass is 10.8. The maximum absolute atomic E-state index is 8.84. The van der Waals surface area contributed by atoms with Crippen molar-refractivity contribution >= 4 is 66.3 Å². The first-order valence-electron chi connectivity index (χ1n) is 3.62. The Hall–Kier alpha value is 0.460. The number of halogens is 2. The summed E-state index contributed by atoms with van der Waals surface area (Å²) < 4.78 is 3.42. The number of aromatic nitrogens is 3. The number of hydrogen-bond acceptors (Lipinski definition) is 7. The van der Waals surface area contributed by atoms with E-state index in [0.29, 0.717) is 5.01 Å². The number of aliphatic hydroxyl groups excluding tert-OH is 1. The molecule has 0 amide bonds. The normalized spacial score (nSPS) is 10.9. The zero-order valence-electron chi connectivity index (χ0n) is 6.98. The zero-order valence-corrected chi connectivity index (χ0v) is 12.6. The molecule has 0 aliphatic carbocycles. The van der Waals surface area contributed by atoms with Crippen molar-refractivity contribution in [2.45, 2.75) is 15.3 Å². The molecule has 2 aromatic rings. The van der Waals surface area contributed by atoms with E-state index in [1.807, 2.05) is 0 Å². The van der Waals surface area contributed by atoms with Gasteiger partial charge in [-0.3, -0.25) is 0 Å². The summed E-state index contributed by atoms with van der Waals surface area (Å²) >= 11 is 11.0. The van der Waals surface area contributed by atoms with E-state index in [0.717, 1.165) is 17.1 Å². The van der Waals surface area contributed by atoms with E-state index >= 15 is 0 Å². The highest BCUT2D eigenvalue weighted by atomic mass is 79.9. The van der Waals surface area contributed by atoms with E-state index in [9.17, 15) is 0 Å². The molecular formula is C6H3Br2N3OS3. The Morgan fingerprint density at radius 3 is 2.53 bits per heavy atom. The average molecular weight is 389 g/mol. The third kappa shape index (κ3) is 2.98. The van der Waals surface area contributed by atoms with E-state index in [4.69, 9.17) is 5.11 Å². The standard InChI is InChI=1S/C6H3Br2N3OS3/c7-3-4(8)14-5(9-3)15-6-11-10-2(1-12)13-6/h12H,1H2. The van der Waals surface area contributed by atoms with E-state index in [2.05, 4.69) is 47.0 Å². The molecule has 2 aromatic heterocycles. The minimum atomic E-state index is -0.0660. The molecule has 4 nitrogen and oxygen atoms in total. The predicted molar refractivity (Wildman–Crippen MR) is 67.5 cm³/mol. The number of hydrogen-bond donors (Lipinski definition) is 1. The van der Waals surface area contributed by atoms with E-state index < -0.39 is 0 Å². The number of thiazole rings is 1. The summed E-state index contributed by atoms with van der Waals surface area (Å²) in [5, 5.41) is 17.2. The molecule has 0 saturated carbocycles. The third-order valence-corrected chi connectivity index (χ3v) is 6.38. The van der Waals surface area contributed by atoms with Crippen LogP contribution >= 0.6 is 66.3 Å². The minimum Gasteiger partial charge on any atom is -0.389 e. The lowest BCUT2D eigenvalue weighted by Crippen LogP contribution is -1.78. The lowest BCUT2D eigenvalue weighted by Gasteiger charge is -1.86. The Morgan fingerprint density at radius 1 is 1.20 bits per heavy atom. The van der Waals surface area contributed by atoms with Gasteiger partial charge in [-0.05, 0) is 43.6 Å². The second kappa shape index (κ2) is 5.19. The Bertz CT molecular complexity index is 452. The van der Waals surface area contributed by atoms with Crippen molar-refractivity contribution in [2.24, 2.45) is 0 Å². The van der Waals surface area contributed by atoms with Gasteiger partial charge in [0.2, 0.25) is 0 Å². The highest BCUT2D eigenvalue weighted by Gasteiger charge is 2.11. The quantitative estimate of drug-likeness (QED) is 0.874. The van der Waals surface area contributed by atoms with Crippen LogP contribution in [0.2, 0.25) is 0 Å². The maximum Gasteiger partial charge on any atom is 0.181 e. The average Bonchev–Trinajstić information content (AvgIpc) is 2.76. The molecular weight excluding hydrogens is 386 g/mol. The molecule has 0 atom stereocenters. The minimum absolute atomic E-state index is 0.0660. The highest BCUT2D eigenvalue weighted by molar-refractivity contribution is 9.13. The fraction of sp³-hybridized carbons (Fsp3) is 0.167. The summed E-state index contributed by atoms with van der Waals surface area (Å²) in [5.74, 6) is 0. The molecule has 0 radical (unpaired) electrons. The van der Waals surface area contributed by atoms with Gasteiger partial charge in [0.1, 0.15) is 13.4 Å². The van der Waals surface area contributed by atoms with Gasteiger partial charge in [-0.25, -0.2) is 4.98 Å². The first-order chi connectivity index (χ1) is 7.19. The number of rotatable bonds is 3. The van der Waals surface area contributed by atoms with Crippen LogP contribution in [-0.4, -0.2) is 20.3 Å². The number of aliphatic hydroxyl groups is 1. The molecule has 0 bridgehead atoms. The molecule has 0 aliphatic heterocycles. The highest BCUT2D eigenvalue weighted by Crippen LogP contribution is 2.38. The molecule has 0 unspecified atom stereocenters. The van der Waals surface area contributed by atoms with Gasteiger partial charge in [-0.2, -0.15) is 0 Å². The molecule has 80 valence electrons. The fourth-order valence-electron chi connectivity index (χ4n) is 0.727. The van der Waals surface area contributed by atoms with Crippen LogP contribution in [0.3, 0.4) is 0 Å². The molecule has 0 spiro atoms. The molecule has 2 heterocycles. The molecule has 0 aromatic carbocycles. The summed E-state index contributed by atoms with van der Waals surface area (Å²) in [7, 11) is 0. The van der Waals surface area contributed by atoms with Gasteiger partial charge in [0, 0.05) is 0 Å². The number of nitrogens with zero attached hydrogens (tertiary/aromatic N) is 3. The van der Waals surface area contributed by atoms with Crippen LogP contribution in [0.5, 0.6) is 0 Å². The van der Waals surface area contributed by atoms with E-state index in [1.165, 1.54) is 34.4 Å². The largest absolute Gasteiger partial charge is 0.389 e. The maximum atomic E-state index is 8.84. The van der Waals surface area contributed by atoms with Crippen LogP contribution in [0.1, 0.15) is 5.01 Å². The molecule has 0 fully saturated rings. The van der Waals surface area contributed by atoms with Gasteiger partial charge in [0.25, 0.3) is 0 Å². The van der Waals surface area contributed by atoms with Gasteiger partial charge in [-0.15, -0.1) is 10.2 Å². The smallest absolute Gasteiger partial charge is 0.181 e. The van der Waals surface area contributed by atoms with Crippen molar-refractivity contribution in [1.29, 1.82) is 0 Å². The molecule has 15 heavy (non-hydrogen) atoms. The zero-order chi connectivity index (χ0) is 10.8. The summed E-state index contributed by atoms with van der Waals surface area (Å²) in [4.78, 5) is 4.27. The van der Waals surface area contributed by atoms with Gasteiger partial charge in [0.05, 0.1) is 6.61 Å². The summed E-state index contributed by atoms with van der Waals surface area (Å²) in [6, 6.07) is 0. The lowest BCUT2D eigenvalue weighted by molar-refractivity contribution is 0.280. The van der Waals surface area contributed by atoms with Gasteiger partial charge in [-0.1, -0.05) is 22.7 Å². The Kier molecular flexibility index (Phi) is 4.13. The van der Waals surface area contributed by atoms with Crippen LogP contribution in [0.15, 0.2) is 17.1 Å². The fourth-order valence-corrected chi connectivity index (χ4v) is 4.97. The van der Waals surface area contributed by atoms with Crippen molar-refractivity contribution in [1.82, 2.24) is 15.2 Å². The van der Waals surface area contributed by atoms with Gasteiger partial charge >= 0.3 is 0 Å². The first-order valence-corrected chi connectivity index (χ1v) is 7.65. The summed E-state index contributed by atoms with van der Waals surface area (Å²) in [5.41, 5.74) is 0. The Labute approximate surface area is 114 Å². The summed E-state index contributed by atoms with van der Waals surface area (Å²) in [6.07, 6.45) is 0. The van der Waals surface area contributed by atoms with Crippen molar-refractivity contribution in [3.05, 3.63) is 13.4 Å². The Morgan fingerprint density at radius 2 is 2.00 bits per heavy atom. The monoisotopic (exact) mass is 387 g/mol. The second-order valence-electron chi connectivity index (χ2n) is 2.27. The van der Waals surface area contributed by atoms with E-state index in [1.54, 1.807) is 0 Å². The van der Waals surface area contributed by atoms with Crippen molar-refractivity contribution < 1.29 is 5.11 Å². The first kappa shape index (κ1) is 11.9. The molecule has 1 N–H and O–H groups in total. The molecule has 0 saturated heterocycles. The van der Waals surface area contributed by atoms with Crippen LogP contribution in [0.25, 0.3) is 0 Å². The van der Waals surface area contributed by atoms with E-state index in [-0.39, 0.29) is 6.61 Å². The Balaban J connectivity index is 2.14. The van der Waals surface area contributed by atoms with Crippen molar-refractivity contribution in [2.75, 3.05) is 0 Å². The molecule has 2 rings (SSSR count). The van der Waals surface area contributed by atoms with Gasteiger partial charge in [0.15, 0.2) is 8.68 Å². The predicted octanol–water partition coefficient (Wildman–Crippen LogP) is 3.16. The SMILES string of the molecule is OCc1nnc(Sc2nc(Br)c(Br)s2)s1. The topological polar surface area (TPSA) is 58.9 Å². The van der Waals surface area contributed by atoms with Crippen LogP contribution in [0.4, 0.5) is 0 Å². The van der Waals surface area contributed by atoms with Crippen molar-refractivity contribution in [3.8, 4) is 0 Å². The van der Waals surface area contributed by atoms with Crippen molar-refractivity contribution in [3.63, 3.8) is 0 Å². The molecule has 9 heteroatoms. The van der Waals surface area contributed by atoms with Crippen LogP contribution in [0, 0.1) is 0 Å². The van der Waals surface area contributed by atoms with Crippen LogP contribution < -0.4 is 0 Å². The van der Waals surface area contributed by atoms with Gasteiger partial charge < -0.3 is 5.11 Å². The third-order valence-electron chi connectivity index (χ3n) is 1.29. The second-order valence-corrected chi connectivity index (χ2v) is 7.89. The molecule has 0 aliphatic rings. The summed E-state index contributed by atoms with van der Waals surface area (Å²) in [6.45, 7) is -0.0660.